The molecule has 0 amide bonds. The largest absolute Gasteiger partial charge is 0.489 e. The highest BCUT2D eigenvalue weighted by Gasteiger charge is 2.04. The van der Waals surface area contributed by atoms with Crippen molar-refractivity contribution in [3.05, 3.63) is 64.3 Å². The summed E-state index contributed by atoms with van der Waals surface area (Å²) in [6.07, 6.45) is 1.66. The van der Waals surface area contributed by atoms with Gasteiger partial charge in [-0.3, -0.25) is 4.79 Å². The summed E-state index contributed by atoms with van der Waals surface area (Å²) in [7, 11) is 0. The molecule has 2 rings (SSSR count). The molecule has 0 atom stereocenters. The average Bonchev–Trinajstić information content (AvgIpc) is 2.49. The molecule has 1 aromatic heterocycles. The Morgan fingerprint density at radius 3 is 2.90 bits per heavy atom. The summed E-state index contributed by atoms with van der Waals surface area (Å²) in [5, 5.41) is 0. The molecule has 2 aromatic rings. The van der Waals surface area contributed by atoms with Gasteiger partial charge in [-0.05, 0) is 24.3 Å². The maximum atomic E-state index is 13.6. The van der Waals surface area contributed by atoms with E-state index in [2.05, 4.69) is 11.8 Å². The molecule has 0 spiro atoms. The summed E-state index contributed by atoms with van der Waals surface area (Å²) in [5.74, 6) is 5.35. The van der Waals surface area contributed by atoms with Crippen LogP contribution >= 0.6 is 11.6 Å². The molecule has 0 radical (unpaired) electrons. The van der Waals surface area contributed by atoms with Crippen molar-refractivity contribution in [3.8, 4) is 17.6 Å². The molecule has 0 bridgehead atoms. The zero-order chi connectivity index (χ0) is 15.1. The zero-order valence-electron chi connectivity index (χ0n) is 11.2. The highest BCUT2D eigenvalue weighted by atomic mass is 35.5. The van der Waals surface area contributed by atoms with Gasteiger partial charge >= 0.3 is 0 Å². The third-order valence-electron chi connectivity index (χ3n) is 2.72. The third-order valence-corrected chi connectivity index (χ3v) is 2.85. The molecule has 1 aromatic carbocycles. The van der Waals surface area contributed by atoms with Crippen LogP contribution in [0.15, 0.2) is 47.4 Å². The molecule has 3 nitrogen and oxygen atoms in total. The number of aromatic nitrogens is 1. The summed E-state index contributed by atoms with van der Waals surface area (Å²) in [5.41, 5.74) is 0.507. The number of alkyl halides is 1. The SMILES string of the molecule is O=c1ccccn1CCOc1cc(C#CCCl)ccc1F. The Hall–Kier alpha value is -2.25. The van der Waals surface area contributed by atoms with Gasteiger partial charge in [-0.15, -0.1) is 11.6 Å². The number of benzene rings is 1. The molecule has 5 heteroatoms. The van der Waals surface area contributed by atoms with Gasteiger partial charge in [-0.25, -0.2) is 4.39 Å². The van der Waals surface area contributed by atoms with Crippen molar-refractivity contribution >= 4 is 11.6 Å². The lowest BCUT2D eigenvalue weighted by atomic mass is 10.2. The first kappa shape index (κ1) is 15.1. The number of hydrogen-bond acceptors (Lipinski definition) is 2. The molecule has 0 saturated carbocycles. The number of nitrogens with zero attached hydrogens (tertiary/aromatic N) is 1. The van der Waals surface area contributed by atoms with Crippen molar-refractivity contribution in [2.45, 2.75) is 6.54 Å². The fourth-order valence-electron chi connectivity index (χ4n) is 1.73. The summed E-state index contributed by atoms with van der Waals surface area (Å²) >= 11 is 5.48. The van der Waals surface area contributed by atoms with E-state index in [4.69, 9.17) is 16.3 Å². The van der Waals surface area contributed by atoms with E-state index < -0.39 is 5.82 Å². The second-order valence-corrected chi connectivity index (χ2v) is 4.43. The van der Waals surface area contributed by atoms with E-state index >= 15 is 0 Å². The fraction of sp³-hybridized carbons (Fsp3) is 0.188. The van der Waals surface area contributed by atoms with Gasteiger partial charge in [0.25, 0.3) is 5.56 Å². The van der Waals surface area contributed by atoms with Crippen molar-refractivity contribution in [2.24, 2.45) is 0 Å². The first-order chi connectivity index (χ1) is 10.2. The Balaban J connectivity index is 2.03. The van der Waals surface area contributed by atoms with Crippen molar-refractivity contribution < 1.29 is 9.13 Å². The summed E-state index contributed by atoms with van der Waals surface area (Å²) in [6.45, 7) is 0.532. The van der Waals surface area contributed by atoms with Gasteiger partial charge in [0.05, 0.1) is 12.4 Å². The topological polar surface area (TPSA) is 31.2 Å². The molecule has 1 heterocycles. The van der Waals surface area contributed by atoms with Gasteiger partial charge < -0.3 is 9.30 Å². The van der Waals surface area contributed by atoms with Crippen LogP contribution in [0.4, 0.5) is 4.39 Å². The van der Waals surface area contributed by atoms with Crippen LogP contribution in [0.5, 0.6) is 5.75 Å². The van der Waals surface area contributed by atoms with E-state index in [0.717, 1.165) is 0 Å². The first-order valence-electron chi connectivity index (χ1n) is 6.33. The van der Waals surface area contributed by atoms with Gasteiger partial charge in [0.1, 0.15) is 6.61 Å². The number of hydrogen-bond donors (Lipinski definition) is 0. The molecule has 0 N–H and O–H groups in total. The minimum atomic E-state index is -0.466. The lowest BCUT2D eigenvalue weighted by Crippen LogP contribution is -2.21. The van der Waals surface area contributed by atoms with Crippen molar-refractivity contribution in [3.63, 3.8) is 0 Å². The van der Waals surface area contributed by atoms with Gasteiger partial charge in [0.2, 0.25) is 0 Å². The molecule has 108 valence electrons. The smallest absolute Gasteiger partial charge is 0.250 e. The molecular weight excluding hydrogens is 293 g/mol. The van der Waals surface area contributed by atoms with Gasteiger partial charge in [-0.2, -0.15) is 0 Å². The Labute approximate surface area is 126 Å². The molecule has 21 heavy (non-hydrogen) atoms. The van der Waals surface area contributed by atoms with Crippen LogP contribution in [-0.2, 0) is 6.54 Å². The maximum Gasteiger partial charge on any atom is 0.250 e. The van der Waals surface area contributed by atoms with Crippen LogP contribution in [0.3, 0.4) is 0 Å². The van der Waals surface area contributed by atoms with Crippen molar-refractivity contribution in [2.75, 3.05) is 12.5 Å². The molecule has 0 saturated heterocycles. The molecule has 0 fully saturated rings. The number of ether oxygens (including phenoxy) is 1. The summed E-state index contributed by atoms with van der Waals surface area (Å²) in [4.78, 5) is 11.5. The molecular formula is C16H13ClFNO2. The van der Waals surface area contributed by atoms with Crippen LogP contribution in [0.25, 0.3) is 0 Å². The van der Waals surface area contributed by atoms with Crippen LogP contribution in [0, 0.1) is 17.7 Å². The van der Waals surface area contributed by atoms with E-state index in [1.54, 1.807) is 24.4 Å². The van der Waals surface area contributed by atoms with Crippen LogP contribution in [0.1, 0.15) is 5.56 Å². The second kappa shape index (κ2) is 7.51. The molecule has 0 unspecified atom stereocenters. The Morgan fingerprint density at radius 1 is 1.29 bits per heavy atom. The standard InChI is InChI=1S/C16H13ClFNO2/c17-8-3-4-13-6-7-14(18)15(12-13)21-11-10-19-9-2-1-5-16(19)20/h1-2,5-7,9,12H,8,10-11H2. The summed E-state index contributed by atoms with van der Waals surface area (Å²) in [6, 6.07) is 9.25. The fourth-order valence-corrected chi connectivity index (χ4v) is 1.79. The average molecular weight is 306 g/mol. The van der Waals surface area contributed by atoms with E-state index in [1.165, 1.54) is 22.8 Å². The first-order valence-corrected chi connectivity index (χ1v) is 6.87. The van der Waals surface area contributed by atoms with E-state index in [-0.39, 0.29) is 23.8 Å². The zero-order valence-corrected chi connectivity index (χ0v) is 11.9. The molecule has 0 aliphatic rings. The maximum absolute atomic E-state index is 13.6. The van der Waals surface area contributed by atoms with Gasteiger partial charge in [0.15, 0.2) is 11.6 Å². The number of rotatable bonds is 4. The second-order valence-electron chi connectivity index (χ2n) is 4.16. The van der Waals surface area contributed by atoms with Crippen molar-refractivity contribution in [1.82, 2.24) is 4.57 Å². The molecule has 0 aliphatic carbocycles. The predicted octanol–water partition coefficient (Wildman–Crippen LogP) is 2.66. The Bertz CT molecular complexity index is 731. The van der Waals surface area contributed by atoms with E-state index in [9.17, 15) is 9.18 Å². The van der Waals surface area contributed by atoms with Crippen LogP contribution in [0.2, 0.25) is 0 Å². The highest BCUT2D eigenvalue weighted by Crippen LogP contribution is 2.18. The predicted molar refractivity (Wildman–Crippen MR) is 80.2 cm³/mol. The lowest BCUT2D eigenvalue weighted by Gasteiger charge is -2.09. The minimum absolute atomic E-state index is 0.111. The summed E-state index contributed by atoms with van der Waals surface area (Å²) < 4.78 is 20.5. The normalized spacial score (nSPS) is 9.81. The van der Waals surface area contributed by atoms with Crippen LogP contribution < -0.4 is 10.3 Å². The van der Waals surface area contributed by atoms with Crippen LogP contribution in [-0.4, -0.2) is 17.1 Å². The monoisotopic (exact) mass is 305 g/mol. The highest BCUT2D eigenvalue weighted by molar-refractivity contribution is 6.19. The number of pyridine rings is 1. The van der Waals surface area contributed by atoms with Crippen molar-refractivity contribution in [1.29, 1.82) is 0 Å². The minimum Gasteiger partial charge on any atom is -0.489 e. The van der Waals surface area contributed by atoms with Gasteiger partial charge in [0, 0.05) is 17.8 Å². The van der Waals surface area contributed by atoms with E-state index in [1.807, 2.05) is 0 Å². The van der Waals surface area contributed by atoms with Gasteiger partial charge in [-0.1, -0.05) is 17.9 Å². The Kier molecular flexibility index (Phi) is 5.42. The molecule has 0 aliphatic heterocycles. The van der Waals surface area contributed by atoms with E-state index in [0.29, 0.717) is 12.1 Å². The Morgan fingerprint density at radius 2 is 2.14 bits per heavy atom. The number of halogens is 2. The quantitative estimate of drug-likeness (QED) is 0.642. The lowest BCUT2D eigenvalue weighted by molar-refractivity contribution is 0.282. The third kappa shape index (κ3) is 4.37.